The molecule has 2 atom stereocenters. The number of unbranched alkanes of at least 4 members (excludes halogenated alkanes) is 11. The normalized spacial score (nSPS) is 14.1. The molecule has 10 heteroatoms. The van der Waals surface area contributed by atoms with Crippen LogP contribution in [0.5, 0.6) is 0 Å². The van der Waals surface area contributed by atoms with Crippen LogP contribution in [0.1, 0.15) is 136 Å². The second kappa shape index (κ2) is 32.9. The van der Waals surface area contributed by atoms with E-state index in [-0.39, 0.29) is 32.1 Å². The largest absolute Gasteiger partial charge is 0.472 e. The van der Waals surface area contributed by atoms with Crippen molar-refractivity contribution in [3.63, 3.8) is 0 Å². The molecule has 0 spiro atoms. The molecule has 0 saturated carbocycles. The van der Waals surface area contributed by atoms with Gasteiger partial charge in [0.1, 0.15) is 12.7 Å². The van der Waals surface area contributed by atoms with E-state index in [1.165, 1.54) is 44.9 Å². The minimum atomic E-state index is -4.39. The van der Waals surface area contributed by atoms with Gasteiger partial charge in [0.15, 0.2) is 0 Å². The van der Waals surface area contributed by atoms with Crippen molar-refractivity contribution in [2.24, 2.45) is 0 Å². The highest BCUT2D eigenvalue weighted by Crippen LogP contribution is 2.42. The fraction of sp³-hybridized carbons (Fsp3) is 0.722. The number of nitrogens with one attached hydrogen (secondary N) is 1. The third-order valence-electron chi connectivity index (χ3n) is 7.01. The van der Waals surface area contributed by atoms with Crippen LogP contribution in [0, 0.1) is 0 Å². The molecule has 0 aliphatic rings. The summed E-state index contributed by atoms with van der Waals surface area (Å²) in [6, 6.07) is 0. The number of ether oxygens (including phenoxy) is 1. The Morgan fingerprint density at radius 2 is 1.20 bits per heavy atom. The molecule has 0 aliphatic heterocycles. The molecular weight excluding hydrogens is 605 g/mol. The van der Waals surface area contributed by atoms with Crippen molar-refractivity contribution in [1.29, 1.82) is 0 Å². The van der Waals surface area contributed by atoms with Gasteiger partial charge in [-0.3, -0.25) is 18.6 Å². The summed E-state index contributed by atoms with van der Waals surface area (Å²) < 4.78 is 26.4. The van der Waals surface area contributed by atoms with E-state index in [1.54, 1.807) is 0 Å². The van der Waals surface area contributed by atoms with Gasteiger partial charge in [-0.05, 0) is 57.8 Å². The molecule has 9 nitrogen and oxygen atoms in total. The molecule has 2 unspecified atom stereocenters. The molecule has 0 rings (SSSR count). The lowest BCUT2D eigenvalue weighted by molar-refractivity contribution is -0.147. The van der Waals surface area contributed by atoms with Crippen LogP contribution in [0.25, 0.3) is 0 Å². The highest BCUT2D eigenvalue weighted by Gasteiger charge is 2.23. The van der Waals surface area contributed by atoms with Gasteiger partial charge < -0.3 is 20.1 Å². The Balaban J connectivity index is 3.60. The summed E-state index contributed by atoms with van der Waals surface area (Å²) in [6.07, 6.45) is 35.8. The van der Waals surface area contributed by atoms with E-state index in [1.807, 2.05) is 6.92 Å². The van der Waals surface area contributed by atoms with E-state index in [0.29, 0.717) is 6.42 Å². The first-order valence-electron chi connectivity index (χ1n) is 17.6. The minimum absolute atomic E-state index is 0.0728. The van der Waals surface area contributed by atoms with Gasteiger partial charge in [0.2, 0.25) is 5.91 Å². The van der Waals surface area contributed by atoms with Gasteiger partial charge >= 0.3 is 13.8 Å². The number of amides is 1. The number of rotatable bonds is 32. The van der Waals surface area contributed by atoms with Crippen molar-refractivity contribution in [3.8, 4) is 0 Å². The molecule has 1 amide bonds. The van der Waals surface area contributed by atoms with Crippen LogP contribution in [-0.4, -0.2) is 54.3 Å². The third kappa shape index (κ3) is 33.3. The van der Waals surface area contributed by atoms with Gasteiger partial charge in [-0.1, -0.05) is 114 Å². The molecule has 0 aliphatic carbocycles. The molecule has 46 heavy (non-hydrogen) atoms. The Morgan fingerprint density at radius 3 is 1.78 bits per heavy atom. The number of esters is 1. The standard InChI is InChI=1S/C36H64NO8P/c1-3-5-7-8-9-10-11-12-13-14-15-16-17-18-19-20-21-22-23-24-25-26-27-29-36(40)43-32-34(38)33-45-46(41,42)44-31-30-37-35(39)28-6-4-2/h9-10,12-13,15-16,18-19,34,38H,3-8,11,14,17,20-33H2,1-2H3,(H,37,39)(H,41,42)/b10-9-,13-12-,16-15-,19-18-. The first-order valence-corrected chi connectivity index (χ1v) is 19.1. The number of aliphatic hydroxyl groups excluding tert-OH is 1. The van der Waals surface area contributed by atoms with Crippen molar-refractivity contribution in [3.05, 3.63) is 48.6 Å². The molecule has 266 valence electrons. The molecule has 0 aromatic heterocycles. The highest BCUT2D eigenvalue weighted by atomic mass is 31.2. The number of phosphoric ester groups is 1. The second-order valence-corrected chi connectivity index (χ2v) is 12.9. The van der Waals surface area contributed by atoms with Crippen LogP contribution in [0.2, 0.25) is 0 Å². The number of carbonyl (C=O) groups is 2. The van der Waals surface area contributed by atoms with Crippen molar-refractivity contribution < 1.29 is 37.9 Å². The number of aliphatic hydroxyl groups is 1. The topological polar surface area (TPSA) is 131 Å². The number of phosphoric acid groups is 1. The smallest absolute Gasteiger partial charge is 0.463 e. The fourth-order valence-electron chi connectivity index (χ4n) is 4.28. The first-order chi connectivity index (χ1) is 22.3. The predicted octanol–water partition coefficient (Wildman–Crippen LogP) is 8.82. The number of hydrogen-bond donors (Lipinski definition) is 3. The van der Waals surface area contributed by atoms with E-state index in [2.05, 4.69) is 60.8 Å². The SMILES string of the molecule is CCCCC/C=C\C/C=C\C/C=C\C/C=C\CCCCCCCCCC(=O)OCC(O)COP(=O)(O)OCCNC(=O)CCCC. The van der Waals surface area contributed by atoms with Crippen molar-refractivity contribution in [2.75, 3.05) is 26.4 Å². The maximum Gasteiger partial charge on any atom is 0.472 e. The van der Waals surface area contributed by atoms with E-state index in [0.717, 1.165) is 64.2 Å². The van der Waals surface area contributed by atoms with Crippen LogP contribution < -0.4 is 5.32 Å². The van der Waals surface area contributed by atoms with Crippen molar-refractivity contribution >= 4 is 19.7 Å². The molecule has 0 radical (unpaired) electrons. The van der Waals surface area contributed by atoms with Crippen molar-refractivity contribution in [1.82, 2.24) is 5.32 Å². The predicted molar refractivity (Wildman–Crippen MR) is 187 cm³/mol. The average molecular weight is 670 g/mol. The summed E-state index contributed by atoms with van der Waals surface area (Å²) >= 11 is 0. The lowest BCUT2D eigenvalue weighted by Gasteiger charge is -2.15. The summed E-state index contributed by atoms with van der Waals surface area (Å²) in [6.45, 7) is 3.23. The third-order valence-corrected chi connectivity index (χ3v) is 8.00. The fourth-order valence-corrected chi connectivity index (χ4v) is 5.04. The highest BCUT2D eigenvalue weighted by molar-refractivity contribution is 7.47. The van der Waals surface area contributed by atoms with Crippen LogP contribution in [-0.2, 0) is 27.9 Å². The van der Waals surface area contributed by atoms with Gasteiger partial charge in [-0.2, -0.15) is 0 Å². The molecule has 0 bridgehead atoms. The molecule has 3 N–H and O–H groups in total. The molecular formula is C36H64NO8P. The van der Waals surface area contributed by atoms with Crippen LogP contribution in [0.3, 0.4) is 0 Å². The zero-order valence-corrected chi connectivity index (χ0v) is 29.6. The summed E-state index contributed by atoms with van der Waals surface area (Å²) in [7, 11) is -4.39. The van der Waals surface area contributed by atoms with E-state index in [4.69, 9.17) is 13.8 Å². The second-order valence-electron chi connectivity index (χ2n) is 11.5. The Bertz CT molecular complexity index is 902. The number of hydrogen-bond acceptors (Lipinski definition) is 7. The van der Waals surface area contributed by atoms with Crippen LogP contribution in [0.15, 0.2) is 48.6 Å². The lowest BCUT2D eigenvalue weighted by atomic mass is 10.1. The summed E-state index contributed by atoms with van der Waals surface area (Å²) in [4.78, 5) is 33.1. The molecule has 0 aromatic carbocycles. The van der Waals surface area contributed by atoms with E-state index >= 15 is 0 Å². The summed E-state index contributed by atoms with van der Waals surface area (Å²) in [5.74, 6) is -0.568. The zero-order valence-electron chi connectivity index (χ0n) is 28.8. The Hall–Kier alpha value is -2.03. The number of carbonyl (C=O) groups excluding carboxylic acids is 2. The van der Waals surface area contributed by atoms with Gasteiger partial charge in [0.25, 0.3) is 0 Å². The van der Waals surface area contributed by atoms with E-state index in [9.17, 15) is 24.2 Å². The summed E-state index contributed by atoms with van der Waals surface area (Å²) in [5.41, 5.74) is 0. The minimum Gasteiger partial charge on any atom is -0.463 e. The summed E-state index contributed by atoms with van der Waals surface area (Å²) in [5, 5.41) is 12.5. The number of allylic oxidation sites excluding steroid dienone is 8. The van der Waals surface area contributed by atoms with Crippen molar-refractivity contribution in [2.45, 2.75) is 142 Å². The average Bonchev–Trinajstić information content (AvgIpc) is 3.04. The quantitative estimate of drug-likeness (QED) is 0.0280. The maximum atomic E-state index is 11.9. The Kier molecular flexibility index (Phi) is 31.4. The zero-order chi connectivity index (χ0) is 34.0. The van der Waals surface area contributed by atoms with Crippen LogP contribution in [0.4, 0.5) is 0 Å². The first kappa shape index (κ1) is 44.0. The Morgan fingerprint density at radius 1 is 0.674 bits per heavy atom. The van der Waals surface area contributed by atoms with Gasteiger partial charge in [-0.15, -0.1) is 0 Å². The van der Waals surface area contributed by atoms with E-state index < -0.39 is 26.5 Å². The Labute approximate surface area is 279 Å². The van der Waals surface area contributed by atoms with Gasteiger partial charge in [0, 0.05) is 19.4 Å². The van der Waals surface area contributed by atoms with Gasteiger partial charge in [-0.25, -0.2) is 4.57 Å². The molecule has 0 fully saturated rings. The van der Waals surface area contributed by atoms with Crippen LogP contribution >= 0.6 is 7.82 Å². The molecule has 0 heterocycles. The lowest BCUT2D eigenvalue weighted by Crippen LogP contribution is -2.27. The molecule has 0 aromatic rings. The van der Waals surface area contributed by atoms with Gasteiger partial charge in [0.05, 0.1) is 13.2 Å². The maximum absolute atomic E-state index is 11.9. The molecule has 0 saturated heterocycles. The monoisotopic (exact) mass is 669 g/mol.